The number of aromatic nitrogens is 4. The Morgan fingerprint density at radius 1 is 1.00 bits per heavy atom. The van der Waals surface area contributed by atoms with Crippen LogP contribution in [0.25, 0.3) is 5.78 Å². The van der Waals surface area contributed by atoms with Gasteiger partial charge in [-0.15, -0.1) is 0 Å². The topological polar surface area (TPSA) is 61.6 Å². The van der Waals surface area contributed by atoms with Crippen LogP contribution in [0.2, 0.25) is 10.0 Å². The van der Waals surface area contributed by atoms with Crippen LogP contribution in [-0.2, 0) is 0 Å². The maximum atomic E-state index is 6.47. The molecule has 9 heteroatoms. The van der Waals surface area contributed by atoms with E-state index in [0.29, 0.717) is 15.8 Å². The summed E-state index contributed by atoms with van der Waals surface area (Å²) in [6.07, 6.45) is 9.85. The highest BCUT2D eigenvalue weighted by Gasteiger charge is 2.38. The van der Waals surface area contributed by atoms with Gasteiger partial charge in [0.15, 0.2) is 0 Å². The van der Waals surface area contributed by atoms with Gasteiger partial charge in [-0.1, -0.05) is 36.2 Å². The van der Waals surface area contributed by atoms with E-state index in [4.69, 9.17) is 28.2 Å². The third kappa shape index (κ3) is 5.27. The Morgan fingerprint density at radius 2 is 1.81 bits per heavy atom. The average molecular weight is 543 g/mol. The van der Waals surface area contributed by atoms with Crippen LogP contribution in [0.1, 0.15) is 64.0 Å². The highest BCUT2D eigenvalue weighted by Crippen LogP contribution is 2.37. The monoisotopic (exact) mass is 541 g/mol. The van der Waals surface area contributed by atoms with Crippen molar-refractivity contribution < 1.29 is 0 Å². The zero-order chi connectivity index (χ0) is 25.5. The molecular formula is C28H37Cl2N7. The molecule has 4 heterocycles. The molecule has 1 aliphatic carbocycles. The van der Waals surface area contributed by atoms with Gasteiger partial charge in [-0.25, -0.2) is 0 Å². The lowest BCUT2D eigenvalue weighted by molar-refractivity contribution is 0.0620. The van der Waals surface area contributed by atoms with Crippen molar-refractivity contribution >= 4 is 40.6 Å². The first-order chi connectivity index (χ1) is 17.9. The van der Waals surface area contributed by atoms with Gasteiger partial charge in [-0.05, 0) is 87.4 Å². The zero-order valence-electron chi connectivity index (χ0n) is 21.8. The minimum atomic E-state index is -0.0347. The molecule has 0 unspecified atom stereocenters. The SMILES string of the molecule is CC1CCC(N2CCC[C@H](C3CN(c4cc(N[C@H](C)c5ccc(Cl)cc5Cl)n5ncnc5n4)C3)C2)CC1. The van der Waals surface area contributed by atoms with Gasteiger partial charge in [-0.3, -0.25) is 0 Å². The Labute approximate surface area is 229 Å². The van der Waals surface area contributed by atoms with Crippen LogP contribution in [0.3, 0.4) is 0 Å². The maximum absolute atomic E-state index is 6.47. The van der Waals surface area contributed by atoms with Crippen molar-refractivity contribution in [2.75, 3.05) is 36.4 Å². The quantitative estimate of drug-likeness (QED) is 0.393. The number of benzene rings is 1. The van der Waals surface area contributed by atoms with Gasteiger partial charge in [-0.2, -0.15) is 19.6 Å². The second kappa shape index (κ2) is 10.6. The van der Waals surface area contributed by atoms with Crippen molar-refractivity contribution in [2.45, 2.75) is 64.5 Å². The molecule has 3 aromatic rings. The lowest BCUT2D eigenvalue weighted by Gasteiger charge is -2.49. The van der Waals surface area contributed by atoms with Crippen LogP contribution >= 0.6 is 23.2 Å². The Balaban J connectivity index is 1.12. The fourth-order valence-electron chi connectivity index (χ4n) is 6.58. The summed E-state index contributed by atoms with van der Waals surface area (Å²) in [5.74, 6) is 4.87. The standard InChI is InChI=1S/C28H37Cl2N7/c1-18-5-8-23(9-6-18)35-11-3-4-20(14-35)21-15-36(16-21)26-13-27(37-28(34-26)31-17-32-37)33-19(2)24-10-7-22(29)12-25(24)30/h7,10,12-13,17-21,23,33H,3-6,8-9,11,14-16H2,1-2H3/t18?,19-,20+,23?/m1/s1. The first kappa shape index (κ1) is 25.2. The first-order valence-electron chi connectivity index (χ1n) is 13.9. The molecule has 198 valence electrons. The number of hydrogen-bond acceptors (Lipinski definition) is 6. The smallest absolute Gasteiger partial charge is 0.256 e. The normalized spacial score (nSPS) is 26.3. The summed E-state index contributed by atoms with van der Waals surface area (Å²) >= 11 is 12.6. The molecule has 2 saturated heterocycles. The molecule has 3 aliphatic rings. The second-order valence-electron chi connectivity index (χ2n) is 11.5. The molecule has 2 aromatic heterocycles. The van der Waals surface area contributed by atoms with Crippen LogP contribution in [-0.4, -0.2) is 56.7 Å². The third-order valence-corrected chi connectivity index (χ3v) is 9.49. The molecule has 1 aromatic carbocycles. The van der Waals surface area contributed by atoms with Gasteiger partial charge in [0, 0.05) is 41.8 Å². The van der Waals surface area contributed by atoms with E-state index in [9.17, 15) is 0 Å². The molecule has 1 saturated carbocycles. The van der Waals surface area contributed by atoms with Gasteiger partial charge in [0.2, 0.25) is 0 Å². The second-order valence-corrected chi connectivity index (χ2v) is 12.3. The molecule has 6 rings (SSSR count). The molecule has 0 bridgehead atoms. The largest absolute Gasteiger partial charge is 0.363 e. The number of nitrogens with one attached hydrogen (secondary N) is 1. The Kier molecular flexibility index (Phi) is 7.21. The van der Waals surface area contributed by atoms with Crippen molar-refractivity contribution in [1.82, 2.24) is 24.5 Å². The summed E-state index contributed by atoms with van der Waals surface area (Å²) in [5.41, 5.74) is 0.982. The van der Waals surface area contributed by atoms with E-state index in [0.717, 1.165) is 54.1 Å². The van der Waals surface area contributed by atoms with Crippen LogP contribution in [0.4, 0.5) is 11.6 Å². The number of nitrogens with zero attached hydrogens (tertiary/aromatic N) is 6. The van der Waals surface area contributed by atoms with Crippen LogP contribution in [0.5, 0.6) is 0 Å². The molecule has 1 N–H and O–H groups in total. The molecule has 0 spiro atoms. The Bertz CT molecular complexity index is 1230. The van der Waals surface area contributed by atoms with Gasteiger partial charge in [0.1, 0.15) is 18.0 Å². The number of likely N-dealkylation sites (tertiary alicyclic amines) is 1. The van der Waals surface area contributed by atoms with Gasteiger partial charge >= 0.3 is 0 Å². The number of hydrogen-bond donors (Lipinski definition) is 1. The molecular weight excluding hydrogens is 505 g/mol. The van der Waals surface area contributed by atoms with Crippen molar-refractivity contribution in [3.63, 3.8) is 0 Å². The van der Waals surface area contributed by atoms with E-state index in [1.54, 1.807) is 16.9 Å². The predicted octanol–water partition coefficient (Wildman–Crippen LogP) is 6.33. The van der Waals surface area contributed by atoms with Crippen molar-refractivity contribution in [1.29, 1.82) is 0 Å². The molecule has 0 amide bonds. The van der Waals surface area contributed by atoms with Gasteiger partial charge < -0.3 is 15.1 Å². The fraction of sp³-hybridized carbons (Fsp3) is 0.607. The van der Waals surface area contributed by atoms with E-state index < -0.39 is 0 Å². The molecule has 2 atom stereocenters. The lowest BCUT2D eigenvalue weighted by Crippen LogP contribution is -2.55. The zero-order valence-corrected chi connectivity index (χ0v) is 23.3. The van der Waals surface area contributed by atoms with E-state index in [1.807, 2.05) is 12.1 Å². The molecule has 2 aliphatic heterocycles. The number of rotatable bonds is 6. The summed E-state index contributed by atoms with van der Waals surface area (Å²) in [4.78, 5) is 14.4. The maximum Gasteiger partial charge on any atom is 0.256 e. The number of piperidine rings is 1. The minimum absolute atomic E-state index is 0.0347. The Hall–Kier alpha value is -2.09. The van der Waals surface area contributed by atoms with Crippen molar-refractivity contribution in [3.8, 4) is 0 Å². The van der Waals surface area contributed by atoms with Gasteiger partial charge in [0.25, 0.3) is 5.78 Å². The highest BCUT2D eigenvalue weighted by molar-refractivity contribution is 6.35. The van der Waals surface area contributed by atoms with Gasteiger partial charge in [0.05, 0.1) is 6.04 Å². The number of fused-ring (bicyclic) bond motifs is 1. The summed E-state index contributed by atoms with van der Waals surface area (Å²) in [6, 6.07) is 8.48. The van der Waals surface area contributed by atoms with Crippen LogP contribution in [0, 0.1) is 17.8 Å². The van der Waals surface area contributed by atoms with E-state index in [1.165, 1.54) is 51.6 Å². The molecule has 0 radical (unpaired) electrons. The van der Waals surface area contributed by atoms with Crippen LogP contribution < -0.4 is 10.2 Å². The summed E-state index contributed by atoms with van der Waals surface area (Å²) in [7, 11) is 0. The summed E-state index contributed by atoms with van der Waals surface area (Å²) in [5, 5.41) is 9.24. The third-order valence-electron chi connectivity index (χ3n) is 8.92. The van der Waals surface area contributed by atoms with Crippen molar-refractivity contribution in [2.24, 2.45) is 17.8 Å². The lowest BCUT2D eigenvalue weighted by atomic mass is 9.79. The predicted molar refractivity (Wildman–Crippen MR) is 151 cm³/mol. The van der Waals surface area contributed by atoms with E-state index >= 15 is 0 Å². The van der Waals surface area contributed by atoms with Crippen molar-refractivity contribution in [3.05, 3.63) is 46.2 Å². The molecule has 37 heavy (non-hydrogen) atoms. The highest BCUT2D eigenvalue weighted by atomic mass is 35.5. The molecule has 7 nitrogen and oxygen atoms in total. The Morgan fingerprint density at radius 3 is 2.59 bits per heavy atom. The summed E-state index contributed by atoms with van der Waals surface area (Å²) < 4.78 is 1.76. The van der Waals surface area contributed by atoms with E-state index in [2.05, 4.69) is 45.1 Å². The number of anilines is 2. The van der Waals surface area contributed by atoms with Crippen LogP contribution in [0.15, 0.2) is 30.6 Å². The summed E-state index contributed by atoms with van der Waals surface area (Å²) in [6.45, 7) is 9.20. The minimum Gasteiger partial charge on any atom is -0.363 e. The first-order valence-corrected chi connectivity index (χ1v) is 14.6. The fourth-order valence-corrected chi connectivity index (χ4v) is 7.15. The average Bonchev–Trinajstić information content (AvgIpc) is 3.33. The number of halogens is 2. The molecule has 3 fully saturated rings. The van der Waals surface area contributed by atoms with E-state index in [-0.39, 0.29) is 6.04 Å².